The summed E-state index contributed by atoms with van der Waals surface area (Å²) < 4.78 is 0.979. The molecule has 0 radical (unpaired) electrons. The Morgan fingerprint density at radius 2 is 2.00 bits per heavy atom. The van der Waals surface area contributed by atoms with Crippen LogP contribution in [0.3, 0.4) is 0 Å². The van der Waals surface area contributed by atoms with Gasteiger partial charge in [-0.15, -0.1) is 0 Å². The van der Waals surface area contributed by atoms with Crippen LogP contribution in [-0.4, -0.2) is 18.0 Å². The second-order valence-electron chi connectivity index (χ2n) is 4.71. The minimum Gasteiger partial charge on any atom is -0.350 e. The Kier molecular flexibility index (Phi) is 5.35. The molecule has 0 aliphatic heterocycles. The predicted octanol–water partition coefficient (Wildman–Crippen LogP) is 3.00. The highest BCUT2D eigenvalue weighted by molar-refractivity contribution is 9.10. The second-order valence-corrected chi connectivity index (χ2v) is 5.63. The summed E-state index contributed by atoms with van der Waals surface area (Å²) in [5.41, 5.74) is 7.51. The number of halogens is 1. The zero-order chi connectivity index (χ0) is 13.8. The first-order valence-electron chi connectivity index (χ1n) is 6.25. The van der Waals surface area contributed by atoms with Gasteiger partial charge in [0.05, 0.1) is 0 Å². The first-order valence-corrected chi connectivity index (χ1v) is 7.04. The van der Waals surface area contributed by atoms with Crippen molar-refractivity contribution < 1.29 is 4.79 Å². The van der Waals surface area contributed by atoms with Gasteiger partial charge in [0.2, 0.25) is 0 Å². The van der Waals surface area contributed by atoms with Crippen LogP contribution in [0.15, 0.2) is 22.7 Å². The van der Waals surface area contributed by atoms with Crippen LogP contribution in [0.4, 0.5) is 0 Å². The number of benzene rings is 1. The lowest BCUT2D eigenvalue weighted by Crippen LogP contribution is -2.49. The van der Waals surface area contributed by atoms with Crippen LogP contribution in [0.5, 0.6) is 0 Å². The molecule has 100 valence electrons. The SMILES string of the molecule is CCC(N)(CC)CNC(=O)c1ccc(Br)cc1C. The lowest BCUT2D eigenvalue weighted by Gasteiger charge is -2.26. The smallest absolute Gasteiger partial charge is 0.251 e. The topological polar surface area (TPSA) is 55.1 Å². The summed E-state index contributed by atoms with van der Waals surface area (Å²) in [6, 6.07) is 5.63. The number of aryl methyl sites for hydroxylation is 1. The van der Waals surface area contributed by atoms with E-state index in [1.807, 2.05) is 39.0 Å². The van der Waals surface area contributed by atoms with Crippen LogP contribution >= 0.6 is 15.9 Å². The number of rotatable bonds is 5. The molecule has 0 fully saturated rings. The standard InChI is InChI=1S/C14H21BrN2O/c1-4-14(16,5-2)9-17-13(18)12-7-6-11(15)8-10(12)3/h6-8H,4-5,9,16H2,1-3H3,(H,17,18). The Bertz CT molecular complexity index is 428. The summed E-state index contributed by atoms with van der Waals surface area (Å²) in [6.07, 6.45) is 1.70. The van der Waals surface area contributed by atoms with E-state index in [0.29, 0.717) is 12.1 Å². The Labute approximate surface area is 117 Å². The van der Waals surface area contributed by atoms with E-state index in [-0.39, 0.29) is 11.4 Å². The van der Waals surface area contributed by atoms with Crippen LogP contribution in [-0.2, 0) is 0 Å². The number of carbonyl (C=O) groups excluding carboxylic acids is 1. The van der Waals surface area contributed by atoms with Gasteiger partial charge in [0.25, 0.3) is 5.91 Å². The van der Waals surface area contributed by atoms with Gasteiger partial charge in [-0.1, -0.05) is 29.8 Å². The molecule has 0 aromatic heterocycles. The highest BCUT2D eigenvalue weighted by Crippen LogP contribution is 2.16. The number of nitrogens with one attached hydrogen (secondary N) is 1. The average molecular weight is 313 g/mol. The van der Waals surface area contributed by atoms with Crippen LogP contribution in [0.2, 0.25) is 0 Å². The Morgan fingerprint density at radius 3 is 2.50 bits per heavy atom. The number of carbonyl (C=O) groups is 1. The fourth-order valence-electron chi connectivity index (χ4n) is 1.73. The quantitative estimate of drug-likeness (QED) is 0.878. The maximum Gasteiger partial charge on any atom is 0.251 e. The number of hydrogen-bond donors (Lipinski definition) is 2. The molecule has 0 aliphatic carbocycles. The van der Waals surface area contributed by atoms with E-state index in [4.69, 9.17) is 5.73 Å². The van der Waals surface area contributed by atoms with Crippen molar-refractivity contribution in [2.45, 2.75) is 39.2 Å². The molecule has 0 heterocycles. The van der Waals surface area contributed by atoms with Crippen molar-refractivity contribution in [3.8, 4) is 0 Å². The third-order valence-corrected chi connectivity index (χ3v) is 3.94. The van der Waals surface area contributed by atoms with Gasteiger partial charge < -0.3 is 11.1 Å². The molecule has 0 spiro atoms. The highest BCUT2D eigenvalue weighted by Gasteiger charge is 2.21. The van der Waals surface area contributed by atoms with Crippen molar-refractivity contribution in [2.24, 2.45) is 5.73 Å². The molecule has 1 rings (SSSR count). The van der Waals surface area contributed by atoms with Crippen LogP contribution in [0.1, 0.15) is 42.6 Å². The van der Waals surface area contributed by atoms with E-state index in [2.05, 4.69) is 21.2 Å². The molecule has 0 aliphatic rings. The summed E-state index contributed by atoms with van der Waals surface area (Å²) in [6.45, 7) is 6.52. The van der Waals surface area contributed by atoms with Crippen molar-refractivity contribution in [1.29, 1.82) is 0 Å². The normalized spacial score (nSPS) is 11.4. The van der Waals surface area contributed by atoms with Crippen LogP contribution in [0.25, 0.3) is 0 Å². The van der Waals surface area contributed by atoms with Gasteiger partial charge in [-0.2, -0.15) is 0 Å². The number of amides is 1. The molecule has 1 aromatic rings. The summed E-state index contributed by atoms with van der Waals surface area (Å²) >= 11 is 3.39. The lowest BCUT2D eigenvalue weighted by molar-refractivity contribution is 0.0941. The molecule has 1 aromatic carbocycles. The molecule has 18 heavy (non-hydrogen) atoms. The Balaban J connectivity index is 2.71. The van der Waals surface area contributed by atoms with Crippen LogP contribution in [0, 0.1) is 6.92 Å². The molecule has 1 amide bonds. The molecule has 0 saturated carbocycles. The number of hydrogen-bond acceptors (Lipinski definition) is 2. The predicted molar refractivity (Wildman–Crippen MR) is 78.7 cm³/mol. The largest absolute Gasteiger partial charge is 0.350 e. The van der Waals surface area contributed by atoms with Crippen molar-refractivity contribution in [2.75, 3.05) is 6.54 Å². The second kappa shape index (κ2) is 6.34. The molecular formula is C14H21BrN2O. The van der Waals surface area contributed by atoms with E-state index in [9.17, 15) is 4.79 Å². The number of nitrogens with two attached hydrogens (primary N) is 1. The Morgan fingerprint density at radius 1 is 1.39 bits per heavy atom. The van der Waals surface area contributed by atoms with E-state index in [0.717, 1.165) is 22.9 Å². The summed E-state index contributed by atoms with van der Waals surface area (Å²) in [7, 11) is 0. The van der Waals surface area contributed by atoms with Crippen molar-refractivity contribution >= 4 is 21.8 Å². The van der Waals surface area contributed by atoms with E-state index < -0.39 is 0 Å². The fourth-order valence-corrected chi connectivity index (χ4v) is 2.21. The van der Waals surface area contributed by atoms with Crippen molar-refractivity contribution in [3.63, 3.8) is 0 Å². The van der Waals surface area contributed by atoms with Gasteiger partial charge in [0.1, 0.15) is 0 Å². The van der Waals surface area contributed by atoms with Crippen molar-refractivity contribution in [3.05, 3.63) is 33.8 Å². The summed E-state index contributed by atoms with van der Waals surface area (Å²) in [4.78, 5) is 12.1. The van der Waals surface area contributed by atoms with Gasteiger partial charge in [-0.25, -0.2) is 0 Å². The van der Waals surface area contributed by atoms with Gasteiger partial charge in [-0.05, 0) is 43.5 Å². The molecule has 3 N–H and O–H groups in total. The molecule has 3 nitrogen and oxygen atoms in total. The highest BCUT2D eigenvalue weighted by atomic mass is 79.9. The first kappa shape index (κ1) is 15.2. The van der Waals surface area contributed by atoms with Gasteiger partial charge in [0, 0.05) is 22.1 Å². The van der Waals surface area contributed by atoms with Crippen molar-refractivity contribution in [1.82, 2.24) is 5.32 Å². The maximum absolute atomic E-state index is 12.1. The molecule has 0 atom stereocenters. The van der Waals surface area contributed by atoms with Crippen LogP contribution < -0.4 is 11.1 Å². The summed E-state index contributed by atoms with van der Waals surface area (Å²) in [5.74, 6) is -0.0586. The van der Waals surface area contributed by atoms with E-state index in [1.165, 1.54) is 0 Å². The Hall–Kier alpha value is -0.870. The van der Waals surface area contributed by atoms with Gasteiger partial charge >= 0.3 is 0 Å². The fraction of sp³-hybridized carbons (Fsp3) is 0.500. The first-order chi connectivity index (χ1) is 8.41. The van der Waals surface area contributed by atoms with Gasteiger partial charge in [0.15, 0.2) is 0 Å². The average Bonchev–Trinajstić information content (AvgIpc) is 2.35. The van der Waals surface area contributed by atoms with Gasteiger partial charge in [-0.3, -0.25) is 4.79 Å². The minimum atomic E-state index is -0.307. The molecule has 0 bridgehead atoms. The summed E-state index contributed by atoms with van der Waals surface area (Å²) in [5, 5.41) is 2.92. The molecule has 0 saturated heterocycles. The molecule has 4 heteroatoms. The monoisotopic (exact) mass is 312 g/mol. The minimum absolute atomic E-state index is 0.0586. The third-order valence-electron chi connectivity index (χ3n) is 3.44. The zero-order valence-electron chi connectivity index (χ0n) is 11.2. The van der Waals surface area contributed by atoms with E-state index >= 15 is 0 Å². The molecular weight excluding hydrogens is 292 g/mol. The molecule has 0 unspecified atom stereocenters. The zero-order valence-corrected chi connectivity index (χ0v) is 12.8. The van der Waals surface area contributed by atoms with E-state index in [1.54, 1.807) is 0 Å². The third kappa shape index (κ3) is 3.82. The maximum atomic E-state index is 12.1. The lowest BCUT2D eigenvalue weighted by atomic mass is 9.94.